The monoisotopic (exact) mass is 500 g/mol. The summed E-state index contributed by atoms with van der Waals surface area (Å²) in [7, 11) is 3.13. The van der Waals surface area contributed by atoms with E-state index < -0.39 is 5.97 Å². The zero-order valence-electron chi connectivity index (χ0n) is 16.6. The third kappa shape index (κ3) is 5.10. The Morgan fingerprint density at radius 3 is 2.84 bits per heavy atom. The predicted octanol–water partition coefficient (Wildman–Crippen LogP) is 4.40. The van der Waals surface area contributed by atoms with Crippen LogP contribution in [-0.2, 0) is 4.79 Å². The van der Waals surface area contributed by atoms with E-state index >= 15 is 0 Å². The van der Waals surface area contributed by atoms with E-state index in [4.69, 9.17) is 21.0 Å². The van der Waals surface area contributed by atoms with Crippen molar-refractivity contribution >= 4 is 56.5 Å². The number of halogens is 1. The summed E-state index contributed by atoms with van der Waals surface area (Å²) in [5.41, 5.74) is 1.29. The van der Waals surface area contributed by atoms with Crippen LogP contribution in [0.25, 0.3) is 6.08 Å². The topological polar surface area (TPSA) is 88.4 Å². The molecule has 3 rings (SSSR count). The van der Waals surface area contributed by atoms with Gasteiger partial charge in [0.15, 0.2) is 16.7 Å². The maximum atomic E-state index is 12.7. The summed E-state index contributed by atoms with van der Waals surface area (Å²) in [5, 5.41) is 9.59. The molecule has 1 aliphatic heterocycles. The molecule has 1 fully saturated rings. The second-order valence-corrected chi connectivity index (χ2v) is 8.12. The molecule has 0 aromatic heterocycles. The van der Waals surface area contributed by atoms with Gasteiger partial charge in [-0.15, -0.1) is 6.42 Å². The van der Waals surface area contributed by atoms with Gasteiger partial charge < -0.3 is 14.6 Å². The number of carbonyl (C=O) groups excluding carboxylic acids is 1. The first kappa shape index (κ1) is 22.5. The van der Waals surface area contributed by atoms with Gasteiger partial charge in [0.05, 0.1) is 27.7 Å². The van der Waals surface area contributed by atoms with Crippen LogP contribution in [0.1, 0.15) is 15.9 Å². The van der Waals surface area contributed by atoms with Crippen LogP contribution in [0, 0.1) is 12.3 Å². The molecule has 2 aromatic carbocycles. The second kappa shape index (κ2) is 9.73. The van der Waals surface area contributed by atoms with Crippen molar-refractivity contribution in [2.24, 2.45) is 4.99 Å². The van der Waals surface area contributed by atoms with Crippen molar-refractivity contribution in [3.63, 3.8) is 0 Å². The SMILES string of the molecule is C#CCOc1c(Br)cc(/C=C2\SC(=Nc3cccc(C(=O)O)c3)N(C)C2=O)cc1OC. The number of aliphatic imine (C=N–C) groups is 1. The zero-order valence-corrected chi connectivity index (χ0v) is 19.0. The summed E-state index contributed by atoms with van der Waals surface area (Å²) in [6, 6.07) is 9.75. The molecule has 0 unspecified atom stereocenters. The van der Waals surface area contributed by atoms with Crippen molar-refractivity contribution in [1.29, 1.82) is 0 Å². The first-order chi connectivity index (χ1) is 14.8. The van der Waals surface area contributed by atoms with Crippen LogP contribution < -0.4 is 9.47 Å². The third-order valence-electron chi connectivity index (χ3n) is 4.17. The van der Waals surface area contributed by atoms with Gasteiger partial charge in [0.2, 0.25) is 0 Å². The number of terminal acetylenes is 1. The summed E-state index contributed by atoms with van der Waals surface area (Å²) in [4.78, 5) is 30.2. The van der Waals surface area contributed by atoms with E-state index in [9.17, 15) is 9.59 Å². The van der Waals surface area contributed by atoms with Crippen LogP contribution in [0.15, 0.2) is 50.8 Å². The maximum Gasteiger partial charge on any atom is 0.335 e. The van der Waals surface area contributed by atoms with Crippen LogP contribution in [0.3, 0.4) is 0 Å². The fraction of sp³-hybridized carbons (Fsp3) is 0.136. The molecule has 0 spiro atoms. The van der Waals surface area contributed by atoms with E-state index in [0.717, 1.165) is 5.56 Å². The number of thioether (sulfide) groups is 1. The molecule has 1 N–H and O–H groups in total. The molecule has 7 nitrogen and oxygen atoms in total. The van der Waals surface area contributed by atoms with E-state index in [1.165, 1.54) is 35.9 Å². The number of hydrogen-bond donors (Lipinski definition) is 1. The molecule has 31 heavy (non-hydrogen) atoms. The number of benzene rings is 2. The number of ether oxygens (including phenoxy) is 2. The van der Waals surface area contributed by atoms with E-state index in [2.05, 4.69) is 26.8 Å². The Morgan fingerprint density at radius 2 is 2.16 bits per heavy atom. The minimum Gasteiger partial charge on any atom is -0.493 e. The van der Waals surface area contributed by atoms with Crippen molar-refractivity contribution in [2.45, 2.75) is 0 Å². The van der Waals surface area contributed by atoms with Crippen LogP contribution >= 0.6 is 27.7 Å². The first-order valence-corrected chi connectivity index (χ1v) is 10.5. The lowest BCUT2D eigenvalue weighted by atomic mass is 10.2. The molecule has 0 atom stereocenters. The van der Waals surface area contributed by atoms with E-state index in [0.29, 0.717) is 31.7 Å². The van der Waals surface area contributed by atoms with Crippen LogP contribution in [-0.4, -0.2) is 47.8 Å². The number of carbonyl (C=O) groups is 2. The average Bonchev–Trinajstić information content (AvgIpc) is 3.00. The predicted molar refractivity (Wildman–Crippen MR) is 124 cm³/mol. The normalized spacial score (nSPS) is 15.9. The Balaban J connectivity index is 1.92. The molecule has 1 aliphatic rings. The summed E-state index contributed by atoms with van der Waals surface area (Å²) >= 11 is 4.64. The molecule has 0 aliphatic carbocycles. The number of amides is 1. The van der Waals surface area contributed by atoms with Gasteiger partial charge in [-0.2, -0.15) is 0 Å². The largest absolute Gasteiger partial charge is 0.493 e. The Kier molecular flexibility index (Phi) is 7.05. The first-order valence-electron chi connectivity index (χ1n) is 8.87. The quantitative estimate of drug-likeness (QED) is 0.467. The molecular formula is C22H17BrN2O5S. The Hall–Kier alpha value is -3.22. The molecule has 2 aromatic rings. The van der Waals surface area contributed by atoms with Crippen molar-refractivity contribution < 1.29 is 24.2 Å². The summed E-state index contributed by atoms with van der Waals surface area (Å²) < 4.78 is 11.5. The number of likely N-dealkylation sites (N-methyl/N-ethyl adjacent to an activating group) is 1. The Bertz CT molecular complexity index is 1150. The van der Waals surface area contributed by atoms with Crippen LogP contribution in [0.5, 0.6) is 11.5 Å². The highest BCUT2D eigenvalue weighted by Gasteiger charge is 2.30. The second-order valence-electron chi connectivity index (χ2n) is 6.25. The van der Waals surface area contributed by atoms with Crippen molar-refractivity contribution in [3.05, 3.63) is 56.9 Å². The van der Waals surface area contributed by atoms with Gasteiger partial charge in [-0.05, 0) is 69.7 Å². The lowest BCUT2D eigenvalue weighted by Crippen LogP contribution is -2.23. The van der Waals surface area contributed by atoms with Gasteiger partial charge in [-0.25, -0.2) is 9.79 Å². The smallest absolute Gasteiger partial charge is 0.335 e. The molecule has 1 saturated heterocycles. The summed E-state index contributed by atoms with van der Waals surface area (Å²) in [5.74, 6) is 2.09. The maximum absolute atomic E-state index is 12.7. The fourth-order valence-electron chi connectivity index (χ4n) is 2.70. The number of methoxy groups -OCH3 is 1. The summed E-state index contributed by atoms with van der Waals surface area (Å²) in [6.07, 6.45) is 6.97. The minimum atomic E-state index is -1.04. The fourth-order valence-corrected chi connectivity index (χ4v) is 4.26. The third-order valence-corrected chi connectivity index (χ3v) is 5.82. The van der Waals surface area contributed by atoms with Gasteiger partial charge in [0.1, 0.15) is 6.61 Å². The van der Waals surface area contributed by atoms with Crippen LogP contribution in [0.2, 0.25) is 0 Å². The highest BCUT2D eigenvalue weighted by atomic mass is 79.9. The van der Waals surface area contributed by atoms with Crippen LogP contribution in [0.4, 0.5) is 5.69 Å². The van der Waals surface area contributed by atoms with Gasteiger partial charge >= 0.3 is 5.97 Å². The van der Waals surface area contributed by atoms with Crippen molar-refractivity contribution in [3.8, 4) is 23.8 Å². The lowest BCUT2D eigenvalue weighted by molar-refractivity contribution is -0.121. The van der Waals surface area contributed by atoms with Crippen molar-refractivity contribution in [1.82, 2.24) is 4.90 Å². The van der Waals surface area contributed by atoms with Gasteiger partial charge in [0, 0.05) is 7.05 Å². The van der Waals surface area contributed by atoms with Gasteiger partial charge in [0.25, 0.3) is 5.91 Å². The molecule has 158 valence electrons. The number of carboxylic acids is 1. The van der Waals surface area contributed by atoms with E-state index in [-0.39, 0.29) is 18.1 Å². The van der Waals surface area contributed by atoms with E-state index in [1.807, 2.05) is 0 Å². The molecule has 1 heterocycles. The molecule has 0 radical (unpaired) electrons. The van der Waals surface area contributed by atoms with E-state index in [1.54, 1.807) is 37.4 Å². The number of rotatable bonds is 6. The molecule has 0 bridgehead atoms. The number of aromatic carboxylic acids is 1. The highest BCUT2D eigenvalue weighted by Crippen LogP contribution is 2.39. The Labute approximate surface area is 191 Å². The number of carboxylic acid groups (broad SMARTS) is 1. The molecule has 0 saturated carbocycles. The standard InChI is InChI=1S/C22H17BrN2O5S/c1-4-8-30-19-16(23)9-13(10-17(19)29-3)11-18-20(26)25(2)22(31-18)24-15-7-5-6-14(12-15)21(27)28/h1,5-7,9-12H,8H2,2-3H3,(H,27,28)/b18-11-,24-22?. The number of amidine groups is 1. The summed E-state index contributed by atoms with van der Waals surface area (Å²) in [6.45, 7) is 0.0947. The minimum absolute atomic E-state index is 0.0947. The lowest BCUT2D eigenvalue weighted by Gasteiger charge is -2.12. The Morgan fingerprint density at radius 1 is 1.39 bits per heavy atom. The molecule has 1 amide bonds. The van der Waals surface area contributed by atoms with Crippen molar-refractivity contribution in [2.75, 3.05) is 20.8 Å². The van der Waals surface area contributed by atoms with Gasteiger partial charge in [-0.3, -0.25) is 9.69 Å². The zero-order chi connectivity index (χ0) is 22.5. The molecule has 9 heteroatoms. The van der Waals surface area contributed by atoms with Gasteiger partial charge in [-0.1, -0.05) is 12.0 Å². The molecular weight excluding hydrogens is 484 g/mol. The number of hydrogen-bond acceptors (Lipinski definition) is 6. The highest BCUT2D eigenvalue weighted by molar-refractivity contribution is 9.10. The average molecular weight is 501 g/mol. The number of nitrogens with zero attached hydrogens (tertiary/aromatic N) is 2.